The molecule has 0 heterocycles. The van der Waals surface area contributed by atoms with Gasteiger partial charge >= 0.3 is 0 Å². The van der Waals surface area contributed by atoms with Crippen LogP contribution in [0.4, 0.5) is 8.78 Å². The number of benzene rings is 2. The second-order valence-electron chi connectivity index (χ2n) is 4.73. The summed E-state index contributed by atoms with van der Waals surface area (Å²) in [6, 6.07) is 9.47. The molecule has 0 aliphatic rings. The first-order valence-electron chi connectivity index (χ1n) is 6.63. The van der Waals surface area contributed by atoms with Gasteiger partial charge in [-0.3, -0.25) is 0 Å². The van der Waals surface area contributed by atoms with E-state index in [0.717, 1.165) is 11.6 Å². The minimum atomic E-state index is -0.472. The van der Waals surface area contributed by atoms with Gasteiger partial charge in [0.1, 0.15) is 11.6 Å². The van der Waals surface area contributed by atoms with Crippen LogP contribution in [0.1, 0.15) is 24.1 Å². The lowest BCUT2D eigenvalue weighted by molar-refractivity contribution is 0.501. The third kappa shape index (κ3) is 4.25. The Kier molecular flexibility index (Phi) is 5.73. The van der Waals surface area contributed by atoms with E-state index in [1.165, 1.54) is 6.07 Å². The zero-order valence-corrected chi connectivity index (χ0v) is 13.8. The maximum atomic E-state index is 14.1. The number of likely N-dealkylation sites (N-methyl/N-ethyl adjacent to an activating group) is 1. The lowest BCUT2D eigenvalue weighted by Crippen LogP contribution is -2.24. The fourth-order valence-electron chi connectivity index (χ4n) is 2.24. The van der Waals surface area contributed by atoms with E-state index in [2.05, 4.69) is 21.2 Å². The van der Waals surface area contributed by atoms with Crippen molar-refractivity contribution in [3.63, 3.8) is 0 Å². The molecule has 2 aromatic carbocycles. The molecule has 1 atom stereocenters. The van der Waals surface area contributed by atoms with Gasteiger partial charge in [0, 0.05) is 16.6 Å². The third-order valence-corrected chi connectivity index (χ3v) is 4.04. The Morgan fingerprint density at radius 1 is 1.19 bits per heavy atom. The van der Waals surface area contributed by atoms with E-state index < -0.39 is 11.6 Å². The fraction of sp³-hybridized carbons (Fsp3) is 0.250. The molecule has 0 bridgehead atoms. The van der Waals surface area contributed by atoms with Crippen LogP contribution in [-0.4, -0.2) is 6.54 Å². The van der Waals surface area contributed by atoms with Gasteiger partial charge in [-0.15, -0.1) is 0 Å². The highest BCUT2D eigenvalue weighted by Crippen LogP contribution is 2.27. The standard InChI is InChI=1S/C16H15BrClF2N/c1-2-21-16(7-10-4-3-5-11(18)6-10)12-8-15(20)13(17)9-14(12)19/h3-6,8-9,16,21H,2,7H2,1H3. The van der Waals surface area contributed by atoms with Crippen LogP contribution in [-0.2, 0) is 6.42 Å². The van der Waals surface area contributed by atoms with Gasteiger partial charge in [0.25, 0.3) is 0 Å². The summed E-state index contributed by atoms with van der Waals surface area (Å²) in [5, 5.41) is 3.82. The topological polar surface area (TPSA) is 12.0 Å². The molecular weight excluding hydrogens is 360 g/mol. The monoisotopic (exact) mass is 373 g/mol. The minimum Gasteiger partial charge on any atom is -0.310 e. The van der Waals surface area contributed by atoms with Gasteiger partial charge in [-0.25, -0.2) is 8.78 Å². The summed E-state index contributed by atoms with van der Waals surface area (Å²) in [5.41, 5.74) is 1.29. The van der Waals surface area contributed by atoms with E-state index in [1.807, 2.05) is 25.1 Å². The first-order chi connectivity index (χ1) is 10.0. The molecule has 21 heavy (non-hydrogen) atoms. The summed E-state index contributed by atoms with van der Waals surface area (Å²) in [6.45, 7) is 2.58. The van der Waals surface area contributed by atoms with Crippen molar-refractivity contribution in [2.45, 2.75) is 19.4 Å². The molecule has 1 nitrogen and oxygen atoms in total. The Bertz CT molecular complexity index is 634. The van der Waals surface area contributed by atoms with Crippen LogP contribution in [0.5, 0.6) is 0 Å². The summed E-state index contributed by atoms with van der Waals surface area (Å²) in [4.78, 5) is 0. The van der Waals surface area contributed by atoms with E-state index in [0.29, 0.717) is 23.6 Å². The van der Waals surface area contributed by atoms with Gasteiger partial charge in [-0.2, -0.15) is 0 Å². The van der Waals surface area contributed by atoms with Crippen LogP contribution in [0, 0.1) is 11.6 Å². The lowest BCUT2D eigenvalue weighted by atomic mass is 9.98. The van der Waals surface area contributed by atoms with Crippen molar-refractivity contribution in [3.05, 3.63) is 68.7 Å². The first kappa shape index (κ1) is 16.4. The van der Waals surface area contributed by atoms with E-state index >= 15 is 0 Å². The van der Waals surface area contributed by atoms with Crippen molar-refractivity contribution in [1.29, 1.82) is 0 Å². The molecule has 0 amide bonds. The highest BCUT2D eigenvalue weighted by Gasteiger charge is 2.18. The molecule has 2 rings (SSSR count). The van der Waals surface area contributed by atoms with Gasteiger partial charge in [0.05, 0.1) is 4.47 Å². The van der Waals surface area contributed by atoms with E-state index in [9.17, 15) is 8.78 Å². The predicted molar refractivity (Wildman–Crippen MR) is 85.6 cm³/mol. The average Bonchev–Trinajstić information content (AvgIpc) is 2.42. The average molecular weight is 375 g/mol. The van der Waals surface area contributed by atoms with Crippen LogP contribution < -0.4 is 5.32 Å². The molecule has 0 saturated heterocycles. The summed E-state index contributed by atoms with van der Waals surface area (Å²) in [7, 11) is 0. The quantitative estimate of drug-likeness (QED) is 0.703. The van der Waals surface area contributed by atoms with Gasteiger partial charge < -0.3 is 5.32 Å². The van der Waals surface area contributed by atoms with Gasteiger partial charge in [-0.1, -0.05) is 30.7 Å². The van der Waals surface area contributed by atoms with Gasteiger partial charge in [0.2, 0.25) is 0 Å². The van der Waals surface area contributed by atoms with Crippen molar-refractivity contribution < 1.29 is 8.78 Å². The molecule has 0 radical (unpaired) electrons. The Hall–Kier alpha value is -0.970. The SMILES string of the molecule is CCNC(Cc1cccc(Cl)c1)c1cc(F)c(Br)cc1F. The maximum absolute atomic E-state index is 14.1. The molecule has 0 fully saturated rings. The number of nitrogens with one attached hydrogen (secondary N) is 1. The van der Waals surface area contributed by atoms with Crippen molar-refractivity contribution >= 4 is 27.5 Å². The van der Waals surface area contributed by atoms with Gasteiger partial charge in [0.15, 0.2) is 0 Å². The maximum Gasteiger partial charge on any atom is 0.137 e. The van der Waals surface area contributed by atoms with Crippen molar-refractivity contribution in [2.75, 3.05) is 6.54 Å². The molecule has 0 aliphatic carbocycles. The normalized spacial score (nSPS) is 12.4. The number of hydrogen-bond donors (Lipinski definition) is 1. The van der Waals surface area contributed by atoms with Crippen molar-refractivity contribution in [3.8, 4) is 0 Å². The fourth-order valence-corrected chi connectivity index (χ4v) is 2.77. The summed E-state index contributed by atoms with van der Waals surface area (Å²) in [5.74, 6) is -0.906. The number of rotatable bonds is 5. The minimum absolute atomic E-state index is 0.127. The van der Waals surface area contributed by atoms with E-state index in [-0.39, 0.29) is 10.5 Å². The smallest absolute Gasteiger partial charge is 0.137 e. The Morgan fingerprint density at radius 3 is 2.62 bits per heavy atom. The molecule has 0 saturated carbocycles. The summed E-state index contributed by atoms with van der Waals surface area (Å²) >= 11 is 8.96. The van der Waals surface area contributed by atoms with Crippen LogP contribution in [0.2, 0.25) is 5.02 Å². The van der Waals surface area contributed by atoms with Crippen LogP contribution in [0.15, 0.2) is 40.9 Å². The number of halogens is 4. The number of hydrogen-bond acceptors (Lipinski definition) is 1. The van der Waals surface area contributed by atoms with Crippen molar-refractivity contribution in [1.82, 2.24) is 5.32 Å². The summed E-state index contributed by atoms with van der Waals surface area (Å²) in [6.07, 6.45) is 0.534. The highest BCUT2D eigenvalue weighted by molar-refractivity contribution is 9.10. The second-order valence-corrected chi connectivity index (χ2v) is 6.02. The largest absolute Gasteiger partial charge is 0.310 e. The summed E-state index contributed by atoms with van der Waals surface area (Å²) < 4.78 is 28.0. The van der Waals surface area contributed by atoms with Crippen LogP contribution >= 0.6 is 27.5 Å². The zero-order chi connectivity index (χ0) is 15.4. The molecule has 0 aliphatic heterocycles. The Balaban J connectivity index is 2.33. The second kappa shape index (κ2) is 7.34. The van der Waals surface area contributed by atoms with Gasteiger partial charge in [-0.05, 0) is 58.7 Å². The molecule has 0 spiro atoms. The Morgan fingerprint density at radius 2 is 1.95 bits per heavy atom. The van der Waals surface area contributed by atoms with Crippen LogP contribution in [0.3, 0.4) is 0 Å². The van der Waals surface area contributed by atoms with Crippen LogP contribution in [0.25, 0.3) is 0 Å². The molecule has 2 aromatic rings. The Labute approximate surface area is 136 Å². The molecule has 1 unspecified atom stereocenters. The molecule has 1 N–H and O–H groups in total. The van der Waals surface area contributed by atoms with Crippen molar-refractivity contribution in [2.24, 2.45) is 0 Å². The molecular formula is C16H15BrClF2N. The molecule has 112 valence electrons. The highest BCUT2D eigenvalue weighted by atomic mass is 79.9. The third-order valence-electron chi connectivity index (χ3n) is 3.19. The predicted octanol–water partition coefficient (Wildman–Crippen LogP) is 5.27. The molecule has 5 heteroatoms. The first-order valence-corrected chi connectivity index (χ1v) is 7.80. The zero-order valence-electron chi connectivity index (χ0n) is 11.5. The van der Waals surface area contributed by atoms with E-state index in [4.69, 9.17) is 11.6 Å². The lowest BCUT2D eigenvalue weighted by Gasteiger charge is -2.20. The molecule has 0 aromatic heterocycles. The van der Waals surface area contributed by atoms with E-state index in [1.54, 1.807) is 6.07 Å².